The van der Waals surface area contributed by atoms with Gasteiger partial charge in [0.1, 0.15) is 6.61 Å². The van der Waals surface area contributed by atoms with Crippen LogP contribution in [0.15, 0.2) is 48.5 Å². The Labute approximate surface area is 146 Å². The number of ether oxygens (including phenoxy) is 1. The maximum Gasteiger partial charge on any atom is 0.320 e. The third-order valence-electron chi connectivity index (χ3n) is 4.62. The van der Waals surface area contributed by atoms with Crippen molar-refractivity contribution in [3.63, 3.8) is 0 Å². The van der Waals surface area contributed by atoms with Crippen molar-refractivity contribution in [3.8, 4) is 11.1 Å². The zero-order chi connectivity index (χ0) is 17.8. The van der Waals surface area contributed by atoms with Gasteiger partial charge in [-0.25, -0.2) is 0 Å². The number of esters is 1. The van der Waals surface area contributed by atoms with Crippen LogP contribution in [0.4, 0.5) is 0 Å². The van der Waals surface area contributed by atoms with E-state index in [4.69, 9.17) is 4.74 Å². The van der Waals surface area contributed by atoms with E-state index in [9.17, 15) is 14.7 Å². The van der Waals surface area contributed by atoms with Crippen LogP contribution < -0.4 is 5.32 Å². The standard InChI is InChI=1S/C20H21NO4/c1-21-11-10-17(19(22)23)20(24)25-12-18-15-8-4-2-6-13(15)14-7-3-5-9-16(14)18/h2-9,17-18,21H,10-12H2,1H3,(H,22,23)/t17-/m1/s1. The molecular weight excluding hydrogens is 318 g/mol. The molecule has 2 aromatic carbocycles. The summed E-state index contributed by atoms with van der Waals surface area (Å²) in [6.07, 6.45) is 0.211. The van der Waals surface area contributed by atoms with Crippen LogP contribution in [0.25, 0.3) is 11.1 Å². The Bertz CT molecular complexity index is 741. The van der Waals surface area contributed by atoms with Gasteiger partial charge >= 0.3 is 11.9 Å². The minimum Gasteiger partial charge on any atom is -0.481 e. The number of carbonyl (C=O) groups is 2. The van der Waals surface area contributed by atoms with E-state index in [1.54, 1.807) is 7.05 Å². The summed E-state index contributed by atoms with van der Waals surface area (Å²) in [4.78, 5) is 23.6. The molecule has 0 unspecified atom stereocenters. The van der Waals surface area contributed by atoms with Crippen molar-refractivity contribution in [2.45, 2.75) is 12.3 Å². The smallest absolute Gasteiger partial charge is 0.320 e. The quantitative estimate of drug-likeness (QED) is 0.599. The molecule has 0 radical (unpaired) electrons. The molecule has 0 spiro atoms. The molecule has 1 aliphatic carbocycles. The van der Waals surface area contributed by atoms with E-state index >= 15 is 0 Å². The molecule has 3 rings (SSSR count). The number of hydrogen-bond acceptors (Lipinski definition) is 4. The van der Waals surface area contributed by atoms with Gasteiger partial charge in [0.25, 0.3) is 0 Å². The third kappa shape index (κ3) is 3.42. The summed E-state index contributed by atoms with van der Waals surface area (Å²) in [5.41, 5.74) is 4.51. The van der Waals surface area contributed by atoms with Gasteiger partial charge in [-0.05, 0) is 42.3 Å². The summed E-state index contributed by atoms with van der Waals surface area (Å²) < 4.78 is 5.41. The Balaban J connectivity index is 1.77. The van der Waals surface area contributed by atoms with E-state index < -0.39 is 17.9 Å². The third-order valence-corrected chi connectivity index (χ3v) is 4.62. The van der Waals surface area contributed by atoms with Gasteiger partial charge in [0.15, 0.2) is 5.92 Å². The normalized spacial score (nSPS) is 13.8. The Kier molecular flexibility index (Phi) is 5.14. The fourth-order valence-electron chi connectivity index (χ4n) is 3.34. The highest BCUT2D eigenvalue weighted by molar-refractivity contribution is 5.94. The molecule has 2 aromatic rings. The Morgan fingerprint density at radius 3 is 2.16 bits per heavy atom. The van der Waals surface area contributed by atoms with Crippen molar-refractivity contribution in [3.05, 3.63) is 59.7 Å². The summed E-state index contributed by atoms with van der Waals surface area (Å²) in [5.74, 6) is -3.02. The zero-order valence-corrected chi connectivity index (χ0v) is 14.1. The molecule has 130 valence electrons. The van der Waals surface area contributed by atoms with Crippen LogP contribution in [0, 0.1) is 5.92 Å². The van der Waals surface area contributed by atoms with Crippen LogP contribution in [0.2, 0.25) is 0 Å². The van der Waals surface area contributed by atoms with E-state index in [1.165, 1.54) is 0 Å². The number of benzene rings is 2. The lowest BCUT2D eigenvalue weighted by molar-refractivity contribution is -0.159. The van der Waals surface area contributed by atoms with Crippen molar-refractivity contribution in [2.24, 2.45) is 5.92 Å². The first kappa shape index (κ1) is 17.2. The highest BCUT2D eigenvalue weighted by Gasteiger charge is 2.32. The molecule has 0 amide bonds. The average Bonchev–Trinajstić information content (AvgIpc) is 2.94. The monoisotopic (exact) mass is 339 g/mol. The first-order valence-electron chi connectivity index (χ1n) is 8.35. The van der Waals surface area contributed by atoms with Crippen molar-refractivity contribution in [2.75, 3.05) is 20.2 Å². The maximum atomic E-state index is 12.2. The molecule has 0 saturated heterocycles. The molecule has 2 N–H and O–H groups in total. The summed E-state index contributed by atoms with van der Waals surface area (Å²) in [7, 11) is 1.72. The molecule has 25 heavy (non-hydrogen) atoms. The van der Waals surface area contributed by atoms with Crippen LogP contribution in [0.1, 0.15) is 23.5 Å². The van der Waals surface area contributed by atoms with Crippen LogP contribution in [0.3, 0.4) is 0 Å². The summed E-state index contributed by atoms with van der Waals surface area (Å²) in [5, 5.41) is 12.1. The molecule has 1 atom stereocenters. The maximum absolute atomic E-state index is 12.2. The second kappa shape index (κ2) is 7.49. The van der Waals surface area contributed by atoms with Crippen molar-refractivity contribution in [1.82, 2.24) is 5.32 Å². The fourth-order valence-corrected chi connectivity index (χ4v) is 3.34. The van der Waals surface area contributed by atoms with Gasteiger partial charge in [0.2, 0.25) is 0 Å². The molecule has 0 saturated carbocycles. The lowest BCUT2D eigenvalue weighted by Gasteiger charge is -2.16. The van der Waals surface area contributed by atoms with Crippen LogP contribution in [-0.2, 0) is 14.3 Å². The summed E-state index contributed by atoms with van der Waals surface area (Å²) >= 11 is 0. The molecule has 0 aliphatic heterocycles. The lowest BCUT2D eigenvalue weighted by Crippen LogP contribution is -2.30. The van der Waals surface area contributed by atoms with Gasteiger partial charge in [-0.1, -0.05) is 48.5 Å². The number of fused-ring (bicyclic) bond motifs is 3. The van der Waals surface area contributed by atoms with Gasteiger partial charge in [0, 0.05) is 5.92 Å². The van der Waals surface area contributed by atoms with Gasteiger partial charge < -0.3 is 15.2 Å². The van der Waals surface area contributed by atoms with Crippen LogP contribution in [0.5, 0.6) is 0 Å². The largest absolute Gasteiger partial charge is 0.481 e. The number of hydrogen-bond donors (Lipinski definition) is 2. The second-order valence-corrected chi connectivity index (χ2v) is 6.14. The number of aliphatic carboxylic acids is 1. The van der Waals surface area contributed by atoms with Crippen LogP contribution in [-0.4, -0.2) is 37.2 Å². The molecule has 5 heteroatoms. The number of carboxylic acid groups (broad SMARTS) is 1. The number of nitrogens with one attached hydrogen (secondary N) is 1. The highest BCUT2D eigenvalue weighted by Crippen LogP contribution is 2.44. The Morgan fingerprint density at radius 1 is 1.08 bits per heavy atom. The summed E-state index contributed by atoms with van der Waals surface area (Å²) in [6.45, 7) is 0.595. The van der Waals surface area contributed by atoms with E-state index in [1.807, 2.05) is 36.4 Å². The number of carbonyl (C=O) groups excluding carboxylic acids is 1. The van der Waals surface area contributed by atoms with E-state index in [0.29, 0.717) is 6.54 Å². The minimum atomic E-state index is -1.15. The fraction of sp³-hybridized carbons (Fsp3) is 0.300. The predicted octanol–water partition coefficient (Wildman–Crippen LogP) is 2.65. The molecular formula is C20H21NO4. The van der Waals surface area contributed by atoms with Gasteiger partial charge in [-0.2, -0.15) is 0 Å². The van der Waals surface area contributed by atoms with Gasteiger partial charge in [0.05, 0.1) is 0 Å². The molecule has 5 nitrogen and oxygen atoms in total. The van der Waals surface area contributed by atoms with Crippen molar-refractivity contribution in [1.29, 1.82) is 0 Å². The number of rotatable bonds is 7. The Hall–Kier alpha value is -2.66. The first-order valence-corrected chi connectivity index (χ1v) is 8.35. The lowest BCUT2D eigenvalue weighted by atomic mass is 9.98. The van der Waals surface area contributed by atoms with Gasteiger partial charge in [-0.15, -0.1) is 0 Å². The predicted molar refractivity (Wildman–Crippen MR) is 94.3 cm³/mol. The first-order chi connectivity index (χ1) is 12.1. The van der Waals surface area contributed by atoms with E-state index in [-0.39, 0.29) is 18.9 Å². The van der Waals surface area contributed by atoms with Gasteiger partial charge in [-0.3, -0.25) is 9.59 Å². The van der Waals surface area contributed by atoms with E-state index in [0.717, 1.165) is 22.3 Å². The number of carboxylic acids is 1. The molecule has 0 bridgehead atoms. The molecule has 1 aliphatic rings. The van der Waals surface area contributed by atoms with Crippen LogP contribution >= 0.6 is 0 Å². The second-order valence-electron chi connectivity index (χ2n) is 6.14. The Morgan fingerprint density at radius 2 is 1.64 bits per heavy atom. The molecule has 0 heterocycles. The average molecular weight is 339 g/mol. The molecule has 0 aromatic heterocycles. The van der Waals surface area contributed by atoms with E-state index in [2.05, 4.69) is 17.4 Å². The highest BCUT2D eigenvalue weighted by atomic mass is 16.5. The van der Waals surface area contributed by atoms with Crippen molar-refractivity contribution < 1.29 is 19.4 Å². The molecule has 0 fully saturated rings. The summed E-state index contributed by atoms with van der Waals surface area (Å²) in [6, 6.07) is 16.1. The van der Waals surface area contributed by atoms with Crippen molar-refractivity contribution >= 4 is 11.9 Å². The zero-order valence-electron chi connectivity index (χ0n) is 14.1. The minimum absolute atomic E-state index is 0.0601. The topological polar surface area (TPSA) is 75.6 Å². The SMILES string of the molecule is CNCC[C@H](C(=O)O)C(=O)OCC1c2ccccc2-c2ccccc21.